The lowest BCUT2D eigenvalue weighted by Gasteiger charge is -2.16. The maximum atomic E-state index is 12.7. The zero-order valence-electron chi connectivity index (χ0n) is 17.4. The molecule has 4 aromatic rings. The number of carbonyl (C=O) groups excluding carboxylic acids is 1. The molecule has 0 spiro atoms. The van der Waals surface area contributed by atoms with E-state index in [1.807, 2.05) is 72.2 Å². The largest absolute Gasteiger partial charge is 0.483 e. The van der Waals surface area contributed by atoms with Gasteiger partial charge in [-0.2, -0.15) is 5.26 Å². The molecule has 6 nitrogen and oxygen atoms in total. The topological polar surface area (TPSA) is 80.8 Å². The van der Waals surface area contributed by atoms with Crippen LogP contribution in [0, 0.1) is 11.3 Å². The first kappa shape index (κ1) is 21.3. The van der Waals surface area contributed by atoms with Gasteiger partial charge in [0.15, 0.2) is 22.9 Å². The molecule has 7 heteroatoms. The van der Waals surface area contributed by atoms with Crippen LogP contribution in [0.2, 0.25) is 0 Å². The van der Waals surface area contributed by atoms with Gasteiger partial charge in [-0.3, -0.25) is 9.36 Å². The molecule has 0 unspecified atom stereocenters. The Hall–Kier alpha value is -3.89. The quantitative estimate of drug-likeness (QED) is 0.275. The highest BCUT2D eigenvalue weighted by atomic mass is 32.2. The van der Waals surface area contributed by atoms with Crippen molar-refractivity contribution in [1.82, 2.24) is 14.8 Å². The smallest absolute Gasteiger partial charge is 0.196 e. The molecule has 0 fully saturated rings. The van der Waals surface area contributed by atoms with Crippen molar-refractivity contribution in [1.29, 1.82) is 5.26 Å². The van der Waals surface area contributed by atoms with Crippen molar-refractivity contribution in [3.63, 3.8) is 0 Å². The fraction of sp³-hybridized carbons (Fsp3) is 0.120. The molecule has 1 heterocycles. The van der Waals surface area contributed by atoms with Gasteiger partial charge < -0.3 is 4.74 Å². The molecule has 0 saturated carbocycles. The molecule has 0 radical (unpaired) electrons. The fourth-order valence-corrected chi connectivity index (χ4v) is 4.01. The van der Waals surface area contributed by atoms with Crippen molar-refractivity contribution < 1.29 is 9.53 Å². The second-order valence-corrected chi connectivity index (χ2v) is 7.93. The minimum absolute atomic E-state index is 0.0442. The first-order chi connectivity index (χ1) is 15.7. The molecule has 0 aliphatic carbocycles. The van der Waals surface area contributed by atoms with Gasteiger partial charge in [0.25, 0.3) is 0 Å². The minimum Gasteiger partial charge on any atom is -0.483 e. The standard InChI is InChI=1S/C25H20N4O2S/c1-18(31-22-10-6-3-7-11-22)24-27-28-25(29(24)21-8-4-2-5-9-21)32-17-23(30)20-14-12-19(16-26)13-15-20/h2-15,18H,17H2,1H3/t18-/m0/s1. The number of hydrogen-bond acceptors (Lipinski definition) is 6. The summed E-state index contributed by atoms with van der Waals surface area (Å²) in [7, 11) is 0. The van der Waals surface area contributed by atoms with Gasteiger partial charge in [-0.1, -0.05) is 60.3 Å². The molecule has 0 amide bonds. The number of benzene rings is 3. The van der Waals surface area contributed by atoms with Crippen LogP contribution in [0.1, 0.15) is 34.8 Å². The van der Waals surface area contributed by atoms with Crippen molar-refractivity contribution in [2.45, 2.75) is 18.2 Å². The fourth-order valence-electron chi connectivity index (χ4n) is 3.16. The second kappa shape index (κ2) is 9.94. The lowest BCUT2D eigenvalue weighted by Crippen LogP contribution is -2.12. The number of hydrogen-bond donors (Lipinski definition) is 0. The molecule has 0 N–H and O–H groups in total. The van der Waals surface area contributed by atoms with Crippen LogP contribution in [0.4, 0.5) is 0 Å². The van der Waals surface area contributed by atoms with Gasteiger partial charge in [-0.15, -0.1) is 10.2 Å². The summed E-state index contributed by atoms with van der Waals surface area (Å²) >= 11 is 1.32. The highest BCUT2D eigenvalue weighted by Crippen LogP contribution is 2.28. The lowest BCUT2D eigenvalue weighted by molar-refractivity contribution is 0.102. The number of ether oxygens (including phenoxy) is 1. The molecule has 0 aliphatic heterocycles. The first-order valence-electron chi connectivity index (χ1n) is 10.0. The lowest BCUT2D eigenvalue weighted by atomic mass is 10.1. The van der Waals surface area contributed by atoms with Gasteiger partial charge in [0.1, 0.15) is 5.75 Å². The summed E-state index contributed by atoms with van der Waals surface area (Å²) < 4.78 is 7.99. The molecule has 32 heavy (non-hydrogen) atoms. The summed E-state index contributed by atoms with van der Waals surface area (Å²) in [6.45, 7) is 1.92. The van der Waals surface area contributed by atoms with E-state index in [1.54, 1.807) is 24.3 Å². The van der Waals surface area contributed by atoms with Crippen LogP contribution in [-0.2, 0) is 0 Å². The monoisotopic (exact) mass is 440 g/mol. The van der Waals surface area contributed by atoms with E-state index in [-0.39, 0.29) is 17.6 Å². The van der Waals surface area contributed by atoms with Crippen molar-refractivity contribution in [2.75, 3.05) is 5.75 Å². The number of thioether (sulfide) groups is 1. The maximum Gasteiger partial charge on any atom is 0.196 e. The first-order valence-corrected chi connectivity index (χ1v) is 11.0. The Labute approximate surface area is 190 Å². The number of ketones is 1. The molecule has 4 rings (SSSR count). The van der Waals surface area contributed by atoms with E-state index in [0.29, 0.717) is 22.1 Å². The molecule has 3 aromatic carbocycles. The third-order valence-corrected chi connectivity index (χ3v) is 5.69. The van der Waals surface area contributed by atoms with Crippen LogP contribution in [0.25, 0.3) is 5.69 Å². The number of rotatable bonds is 8. The number of nitrogens with zero attached hydrogens (tertiary/aromatic N) is 4. The predicted octanol–water partition coefficient (Wildman–Crippen LogP) is 5.25. The molecule has 0 aliphatic rings. The van der Waals surface area contributed by atoms with E-state index in [4.69, 9.17) is 10.00 Å². The summed E-state index contributed by atoms with van der Waals surface area (Å²) in [6.07, 6.45) is -0.353. The summed E-state index contributed by atoms with van der Waals surface area (Å²) in [4.78, 5) is 12.7. The zero-order chi connectivity index (χ0) is 22.3. The Morgan fingerprint density at radius 3 is 2.31 bits per heavy atom. The van der Waals surface area contributed by atoms with Crippen molar-refractivity contribution in [3.8, 4) is 17.5 Å². The van der Waals surface area contributed by atoms with Crippen molar-refractivity contribution in [2.24, 2.45) is 0 Å². The van der Waals surface area contributed by atoms with E-state index >= 15 is 0 Å². The predicted molar refractivity (Wildman–Crippen MR) is 123 cm³/mol. The summed E-state index contributed by atoms with van der Waals surface area (Å²) in [6, 6.07) is 28.0. The van der Waals surface area contributed by atoms with Gasteiger partial charge in [-0.25, -0.2) is 0 Å². The molecule has 1 aromatic heterocycles. The van der Waals surface area contributed by atoms with E-state index in [9.17, 15) is 4.79 Å². The third-order valence-electron chi connectivity index (χ3n) is 4.76. The summed E-state index contributed by atoms with van der Waals surface area (Å²) in [5.74, 6) is 1.54. The average molecular weight is 441 g/mol. The second-order valence-electron chi connectivity index (χ2n) is 6.99. The van der Waals surface area contributed by atoms with E-state index in [0.717, 1.165) is 11.4 Å². The Balaban J connectivity index is 1.57. The Morgan fingerprint density at radius 2 is 1.66 bits per heavy atom. The van der Waals surface area contributed by atoms with Crippen LogP contribution in [0.3, 0.4) is 0 Å². The van der Waals surface area contributed by atoms with Gasteiger partial charge in [0.2, 0.25) is 0 Å². The highest BCUT2D eigenvalue weighted by Gasteiger charge is 2.21. The minimum atomic E-state index is -0.353. The SMILES string of the molecule is C[C@H](Oc1ccccc1)c1nnc(SCC(=O)c2ccc(C#N)cc2)n1-c1ccccc1. The van der Waals surface area contributed by atoms with Crippen LogP contribution in [-0.4, -0.2) is 26.3 Å². The summed E-state index contributed by atoms with van der Waals surface area (Å²) in [5.41, 5.74) is 1.97. The normalized spacial score (nSPS) is 11.5. The number of nitriles is 1. The zero-order valence-corrected chi connectivity index (χ0v) is 18.2. The van der Waals surface area contributed by atoms with Gasteiger partial charge >= 0.3 is 0 Å². The third kappa shape index (κ3) is 4.88. The number of carbonyl (C=O) groups is 1. The van der Waals surface area contributed by atoms with Crippen LogP contribution in [0.15, 0.2) is 90.1 Å². The van der Waals surface area contributed by atoms with Gasteiger partial charge in [0, 0.05) is 11.3 Å². The van der Waals surface area contributed by atoms with E-state index in [2.05, 4.69) is 16.3 Å². The van der Waals surface area contributed by atoms with Crippen molar-refractivity contribution >= 4 is 17.5 Å². The van der Waals surface area contributed by atoms with Crippen LogP contribution in [0.5, 0.6) is 5.75 Å². The Bertz CT molecular complexity index is 1230. The van der Waals surface area contributed by atoms with Crippen molar-refractivity contribution in [3.05, 3.63) is 102 Å². The maximum absolute atomic E-state index is 12.7. The van der Waals surface area contributed by atoms with E-state index in [1.165, 1.54) is 11.8 Å². The molecular formula is C25H20N4O2S. The molecule has 158 valence electrons. The van der Waals surface area contributed by atoms with E-state index < -0.39 is 0 Å². The number of Topliss-reactive ketones (excluding diaryl/α,β-unsaturated/α-hetero) is 1. The highest BCUT2D eigenvalue weighted by molar-refractivity contribution is 7.99. The Kier molecular flexibility index (Phi) is 6.63. The van der Waals surface area contributed by atoms with Crippen LogP contribution < -0.4 is 4.74 Å². The summed E-state index contributed by atoms with van der Waals surface area (Å²) in [5, 5.41) is 18.3. The molecule has 0 saturated heterocycles. The number of aromatic nitrogens is 3. The van der Waals surface area contributed by atoms with Gasteiger partial charge in [0.05, 0.1) is 17.4 Å². The molecule has 1 atom stereocenters. The number of para-hydroxylation sites is 2. The average Bonchev–Trinajstić information content (AvgIpc) is 3.28. The van der Waals surface area contributed by atoms with Crippen LogP contribution >= 0.6 is 11.8 Å². The molecular weight excluding hydrogens is 420 g/mol. The van der Waals surface area contributed by atoms with Gasteiger partial charge in [-0.05, 0) is 43.3 Å². The Morgan fingerprint density at radius 1 is 1.00 bits per heavy atom. The molecule has 0 bridgehead atoms.